The first-order chi connectivity index (χ1) is 11.9. The molecule has 1 amide bonds. The number of alkyl halides is 4. The average molecular weight is 387 g/mol. The van der Waals surface area contributed by atoms with Crippen molar-refractivity contribution in [2.24, 2.45) is 0 Å². The number of carbonyl (C=O) groups excluding carboxylic acids is 1. The molecule has 1 aliphatic heterocycles. The summed E-state index contributed by atoms with van der Waals surface area (Å²) in [5.41, 5.74) is -1.82. The molecule has 0 atom stereocenters. The number of aromatic nitrogens is 2. The van der Waals surface area contributed by atoms with Crippen LogP contribution in [0.3, 0.4) is 0 Å². The van der Waals surface area contributed by atoms with Gasteiger partial charge in [0.2, 0.25) is 5.91 Å². The molecule has 1 fully saturated rings. The van der Waals surface area contributed by atoms with E-state index in [1.54, 1.807) is 0 Å². The van der Waals surface area contributed by atoms with Crippen molar-refractivity contribution >= 4 is 17.5 Å². The molecule has 25 heavy (non-hydrogen) atoms. The third-order valence-electron chi connectivity index (χ3n) is 3.74. The molecule has 0 unspecified atom stereocenters. The number of hydrogen-bond donors (Lipinski definition) is 1. The minimum absolute atomic E-state index is 0.344. The highest BCUT2D eigenvalue weighted by Gasteiger charge is 2.28. The Morgan fingerprint density at radius 2 is 1.92 bits per heavy atom. The van der Waals surface area contributed by atoms with Crippen molar-refractivity contribution in [3.8, 4) is 0 Å². The van der Waals surface area contributed by atoms with Crippen LogP contribution >= 0.6 is 11.6 Å². The van der Waals surface area contributed by atoms with Crippen LogP contribution in [0.1, 0.15) is 30.7 Å². The van der Waals surface area contributed by atoms with Gasteiger partial charge in [-0.15, -0.1) is 0 Å². The summed E-state index contributed by atoms with van der Waals surface area (Å²) < 4.78 is 57.2. The van der Waals surface area contributed by atoms with Crippen molar-refractivity contribution in [3.05, 3.63) is 16.4 Å². The Hall–Kier alpha value is -1.39. The molecule has 6 nitrogen and oxygen atoms in total. The maximum Gasteiger partial charge on any atom is 0.283 e. The van der Waals surface area contributed by atoms with Gasteiger partial charge in [0.25, 0.3) is 12.9 Å². The van der Waals surface area contributed by atoms with E-state index in [2.05, 4.69) is 15.3 Å². The molecule has 1 N–H and O–H groups in total. The van der Waals surface area contributed by atoms with E-state index >= 15 is 0 Å². The molecule has 142 valence electrons. The molecule has 1 aromatic heterocycles. The van der Waals surface area contributed by atoms with Crippen molar-refractivity contribution in [3.63, 3.8) is 0 Å². The Bertz CT molecular complexity index is 579. The number of carbonyl (C=O) groups is 1. The fraction of sp³-hybridized carbons (Fsp3) is 0.714. The zero-order chi connectivity index (χ0) is 18.4. The van der Waals surface area contributed by atoms with E-state index in [9.17, 15) is 22.4 Å². The zero-order valence-corrected chi connectivity index (χ0v) is 14.1. The SMILES string of the molecule is O=C(Cn1nc(C(F)F)c(Cl)c1C(F)F)NCCCN1CCOCC1. The second-order valence-electron chi connectivity index (χ2n) is 5.50. The number of halogens is 5. The number of amides is 1. The largest absolute Gasteiger partial charge is 0.379 e. The number of morpholine rings is 1. The Labute approximate surface area is 147 Å². The molecule has 0 spiro atoms. The summed E-state index contributed by atoms with van der Waals surface area (Å²) in [4.78, 5) is 14.0. The lowest BCUT2D eigenvalue weighted by atomic mass is 10.3. The third kappa shape index (κ3) is 5.55. The van der Waals surface area contributed by atoms with Crippen molar-refractivity contribution < 1.29 is 27.1 Å². The normalized spacial score (nSPS) is 16.0. The van der Waals surface area contributed by atoms with Gasteiger partial charge in [-0.25, -0.2) is 17.6 Å². The van der Waals surface area contributed by atoms with Crippen molar-refractivity contribution in [1.82, 2.24) is 20.0 Å². The van der Waals surface area contributed by atoms with E-state index in [0.29, 0.717) is 30.9 Å². The van der Waals surface area contributed by atoms with Crippen LogP contribution in [-0.4, -0.2) is 60.0 Å². The van der Waals surface area contributed by atoms with Gasteiger partial charge in [-0.1, -0.05) is 11.6 Å². The van der Waals surface area contributed by atoms with Gasteiger partial charge in [0.1, 0.15) is 17.9 Å². The molecule has 0 bridgehead atoms. The molecule has 2 heterocycles. The van der Waals surface area contributed by atoms with Gasteiger partial charge in [-0.3, -0.25) is 14.4 Å². The second kappa shape index (κ2) is 9.35. The zero-order valence-electron chi connectivity index (χ0n) is 13.4. The van der Waals surface area contributed by atoms with Crippen LogP contribution in [0.5, 0.6) is 0 Å². The van der Waals surface area contributed by atoms with Crippen LogP contribution in [-0.2, 0) is 16.1 Å². The predicted molar refractivity (Wildman–Crippen MR) is 82.0 cm³/mol. The molecule has 0 aromatic carbocycles. The van der Waals surface area contributed by atoms with E-state index < -0.39 is 41.7 Å². The quantitative estimate of drug-likeness (QED) is 0.550. The highest BCUT2D eigenvalue weighted by atomic mass is 35.5. The fourth-order valence-corrected chi connectivity index (χ4v) is 2.79. The van der Waals surface area contributed by atoms with Gasteiger partial charge in [-0.05, 0) is 13.0 Å². The number of nitrogens with one attached hydrogen (secondary N) is 1. The van der Waals surface area contributed by atoms with Crippen LogP contribution in [0.2, 0.25) is 5.02 Å². The van der Waals surface area contributed by atoms with Gasteiger partial charge in [0.05, 0.1) is 18.2 Å². The Kier molecular flexibility index (Phi) is 7.45. The van der Waals surface area contributed by atoms with Crippen molar-refractivity contribution in [1.29, 1.82) is 0 Å². The van der Waals surface area contributed by atoms with Crippen LogP contribution in [0, 0.1) is 0 Å². The maximum atomic E-state index is 13.0. The summed E-state index contributed by atoms with van der Waals surface area (Å²) in [5, 5.41) is 5.10. The number of ether oxygens (including phenoxy) is 1. The van der Waals surface area contributed by atoms with E-state index in [4.69, 9.17) is 16.3 Å². The van der Waals surface area contributed by atoms with Crippen molar-refractivity contribution in [2.75, 3.05) is 39.4 Å². The lowest BCUT2D eigenvalue weighted by molar-refractivity contribution is -0.122. The first-order valence-corrected chi connectivity index (χ1v) is 8.17. The van der Waals surface area contributed by atoms with Crippen LogP contribution in [0.25, 0.3) is 0 Å². The Morgan fingerprint density at radius 3 is 2.52 bits per heavy atom. The highest BCUT2D eigenvalue weighted by Crippen LogP contribution is 2.34. The Balaban J connectivity index is 1.84. The highest BCUT2D eigenvalue weighted by molar-refractivity contribution is 6.32. The molecular weight excluding hydrogens is 368 g/mol. The van der Waals surface area contributed by atoms with Gasteiger partial charge < -0.3 is 10.1 Å². The first-order valence-electron chi connectivity index (χ1n) is 7.79. The van der Waals surface area contributed by atoms with Gasteiger partial charge >= 0.3 is 0 Å². The van der Waals surface area contributed by atoms with Crippen LogP contribution < -0.4 is 5.32 Å². The lowest BCUT2D eigenvalue weighted by Gasteiger charge is -2.26. The smallest absolute Gasteiger partial charge is 0.283 e. The Morgan fingerprint density at radius 1 is 1.24 bits per heavy atom. The van der Waals surface area contributed by atoms with E-state index in [1.807, 2.05) is 0 Å². The monoisotopic (exact) mass is 386 g/mol. The molecule has 2 rings (SSSR count). The van der Waals surface area contributed by atoms with Gasteiger partial charge in [0.15, 0.2) is 0 Å². The van der Waals surface area contributed by atoms with Crippen LogP contribution in [0.15, 0.2) is 0 Å². The first kappa shape index (κ1) is 19.9. The predicted octanol–water partition coefficient (Wildman–Crippen LogP) is 2.25. The number of nitrogens with zero attached hydrogens (tertiary/aromatic N) is 3. The van der Waals surface area contributed by atoms with Gasteiger partial charge in [-0.2, -0.15) is 5.10 Å². The summed E-state index contributed by atoms with van der Waals surface area (Å²) in [6.07, 6.45) is -5.53. The maximum absolute atomic E-state index is 13.0. The van der Waals surface area contributed by atoms with Crippen molar-refractivity contribution in [2.45, 2.75) is 25.8 Å². The van der Waals surface area contributed by atoms with E-state index in [1.165, 1.54) is 0 Å². The number of hydrogen-bond acceptors (Lipinski definition) is 4. The minimum atomic E-state index is -3.11. The van der Waals surface area contributed by atoms with Crippen LogP contribution in [0.4, 0.5) is 17.6 Å². The number of rotatable bonds is 8. The summed E-state index contributed by atoms with van der Waals surface area (Å²) in [6, 6.07) is 0. The third-order valence-corrected chi connectivity index (χ3v) is 4.13. The summed E-state index contributed by atoms with van der Waals surface area (Å²) in [7, 11) is 0. The summed E-state index contributed by atoms with van der Waals surface area (Å²) in [5.74, 6) is -0.594. The van der Waals surface area contributed by atoms with E-state index in [-0.39, 0.29) is 0 Å². The summed E-state index contributed by atoms with van der Waals surface area (Å²) >= 11 is 5.52. The molecule has 0 radical (unpaired) electrons. The van der Waals surface area contributed by atoms with Gasteiger partial charge in [0, 0.05) is 19.6 Å². The molecule has 11 heteroatoms. The standard InChI is InChI=1S/C14H19ClF4N4O2/c15-10-11(13(16)17)21-23(12(10)14(18)19)8-9(24)20-2-1-3-22-4-6-25-7-5-22/h13-14H,1-8H2,(H,20,24). The second-order valence-corrected chi connectivity index (χ2v) is 5.88. The molecular formula is C14H19ClF4N4O2. The fourth-order valence-electron chi connectivity index (χ4n) is 2.49. The molecule has 0 aliphatic carbocycles. The molecule has 1 aromatic rings. The molecule has 1 aliphatic rings. The van der Waals surface area contributed by atoms with E-state index in [0.717, 1.165) is 19.6 Å². The average Bonchev–Trinajstić information content (AvgIpc) is 2.89. The topological polar surface area (TPSA) is 59.4 Å². The summed E-state index contributed by atoms with van der Waals surface area (Å²) in [6.45, 7) is 3.53. The molecule has 1 saturated heterocycles. The molecule has 0 saturated carbocycles. The lowest BCUT2D eigenvalue weighted by Crippen LogP contribution is -2.38. The minimum Gasteiger partial charge on any atom is -0.379 e.